The lowest BCUT2D eigenvalue weighted by Crippen LogP contribution is -2.47. The highest BCUT2D eigenvalue weighted by atomic mass is 16.3. The van der Waals surface area contributed by atoms with E-state index in [1.807, 2.05) is 18.2 Å². The summed E-state index contributed by atoms with van der Waals surface area (Å²) in [5.41, 5.74) is 5.48. The molecule has 3 aromatic rings. The quantitative estimate of drug-likeness (QED) is 0.567. The molecule has 5 heteroatoms. The van der Waals surface area contributed by atoms with Gasteiger partial charge in [0, 0.05) is 23.2 Å². The van der Waals surface area contributed by atoms with Crippen molar-refractivity contribution >= 4 is 0 Å². The van der Waals surface area contributed by atoms with E-state index in [-0.39, 0.29) is 11.5 Å². The van der Waals surface area contributed by atoms with Crippen LogP contribution in [0.25, 0.3) is 11.3 Å². The van der Waals surface area contributed by atoms with Crippen molar-refractivity contribution in [2.45, 2.75) is 36.9 Å². The van der Waals surface area contributed by atoms with Crippen LogP contribution in [0.1, 0.15) is 35.7 Å². The number of nitrogens with one attached hydrogen (secondary N) is 3. The number of hydrogen-bond acceptors (Lipinski definition) is 4. The van der Waals surface area contributed by atoms with Gasteiger partial charge in [0.2, 0.25) is 0 Å². The fourth-order valence-corrected chi connectivity index (χ4v) is 4.96. The summed E-state index contributed by atoms with van der Waals surface area (Å²) >= 11 is 0. The minimum Gasteiger partial charge on any atom is -0.390 e. The molecule has 0 saturated carbocycles. The van der Waals surface area contributed by atoms with Crippen LogP contribution in [0.3, 0.4) is 0 Å². The molecule has 2 aliphatic rings. The molecule has 0 unspecified atom stereocenters. The van der Waals surface area contributed by atoms with E-state index in [1.54, 1.807) is 0 Å². The lowest BCUT2D eigenvalue weighted by Gasteiger charge is -2.39. The lowest BCUT2D eigenvalue weighted by atomic mass is 9.72. The van der Waals surface area contributed by atoms with Crippen molar-refractivity contribution in [2.75, 3.05) is 13.1 Å². The molecule has 1 saturated heterocycles. The maximum atomic E-state index is 11.3. The van der Waals surface area contributed by atoms with Crippen molar-refractivity contribution in [3.05, 3.63) is 77.5 Å². The maximum absolute atomic E-state index is 11.3. The SMILES string of the molecule is O[C@H]1[C@H](NCc2cc(-c3ccccc3)n[nH]2)c2ccccc2C12CCNCC2. The zero-order valence-corrected chi connectivity index (χ0v) is 15.9. The zero-order chi connectivity index (χ0) is 19.0. The van der Waals surface area contributed by atoms with Gasteiger partial charge in [0.15, 0.2) is 0 Å². The van der Waals surface area contributed by atoms with E-state index < -0.39 is 6.10 Å². The normalized spacial score (nSPS) is 23.0. The molecule has 1 aliphatic heterocycles. The van der Waals surface area contributed by atoms with Crippen LogP contribution in [-0.2, 0) is 12.0 Å². The van der Waals surface area contributed by atoms with E-state index in [0.29, 0.717) is 6.54 Å². The number of aliphatic hydroxyl groups excluding tert-OH is 1. The number of aliphatic hydroxyl groups is 1. The third kappa shape index (κ3) is 2.87. The van der Waals surface area contributed by atoms with E-state index in [2.05, 4.69) is 63.3 Å². The Kier molecular flexibility index (Phi) is 4.51. The van der Waals surface area contributed by atoms with Gasteiger partial charge >= 0.3 is 0 Å². The Hall–Kier alpha value is -2.47. The summed E-state index contributed by atoms with van der Waals surface area (Å²) < 4.78 is 0. The highest BCUT2D eigenvalue weighted by Crippen LogP contribution is 2.50. The Labute approximate surface area is 165 Å². The fourth-order valence-electron chi connectivity index (χ4n) is 4.96. The Morgan fingerprint density at radius 2 is 1.79 bits per heavy atom. The predicted octanol–water partition coefficient (Wildman–Crippen LogP) is 2.90. The Morgan fingerprint density at radius 3 is 2.61 bits per heavy atom. The third-order valence-electron chi connectivity index (χ3n) is 6.42. The van der Waals surface area contributed by atoms with E-state index in [9.17, 15) is 5.11 Å². The summed E-state index contributed by atoms with van der Waals surface area (Å²) in [6.07, 6.45) is 1.54. The average Bonchev–Trinajstić information content (AvgIpc) is 3.31. The smallest absolute Gasteiger partial charge is 0.0924 e. The second kappa shape index (κ2) is 7.17. The second-order valence-electron chi connectivity index (χ2n) is 7.94. The summed E-state index contributed by atoms with van der Waals surface area (Å²) in [5, 5.41) is 25.9. The molecule has 2 atom stereocenters. The molecule has 0 bridgehead atoms. The first kappa shape index (κ1) is 17.6. The molecular weight excluding hydrogens is 348 g/mol. The first-order valence-corrected chi connectivity index (χ1v) is 10.1. The van der Waals surface area contributed by atoms with E-state index in [0.717, 1.165) is 42.9 Å². The van der Waals surface area contributed by atoms with Crippen LogP contribution in [0.15, 0.2) is 60.7 Å². The first-order valence-electron chi connectivity index (χ1n) is 10.1. The van der Waals surface area contributed by atoms with Crippen LogP contribution in [0.4, 0.5) is 0 Å². The molecule has 4 N–H and O–H groups in total. The predicted molar refractivity (Wildman–Crippen MR) is 110 cm³/mol. The molecule has 1 spiro atoms. The minimum atomic E-state index is -0.413. The van der Waals surface area contributed by atoms with E-state index in [4.69, 9.17) is 0 Å². The molecule has 144 valence electrons. The van der Waals surface area contributed by atoms with Gasteiger partial charge in [-0.25, -0.2) is 0 Å². The number of piperidine rings is 1. The van der Waals surface area contributed by atoms with Gasteiger partial charge in [-0.1, -0.05) is 54.6 Å². The standard InChI is InChI=1S/C23H26N4O/c28-22-21(18-8-4-5-9-19(18)23(22)10-12-24-13-11-23)25-15-17-14-20(27-26-17)16-6-2-1-3-7-16/h1-9,14,21-22,24-25,28H,10-13,15H2,(H,26,27)/t21-,22+/m1/s1. The van der Waals surface area contributed by atoms with Crippen LogP contribution >= 0.6 is 0 Å². The van der Waals surface area contributed by atoms with Gasteiger partial charge in [-0.3, -0.25) is 5.10 Å². The second-order valence-corrected chi connectivity index (χ2v) is 7.94. The largest absolute Gasteiger partial charge is 0.390 e. The summed E-state index contributed by atoms with van der Waals surface area (Å²) in [6.45, 7) is 2.56. The number of fused-ring (bicyclic) bond motifs is 2. The summed E-state index contributed by atoms with van der Waals surface area (Å²) in [4.78, 5) is 0. The number of H-pyrrole nitrogens is 1. The topological polar surface area (TPSA) is 73.0 Å². The van der Waals surface area contributed by atoms with E-state index in [1.165, 1.54) is 11.1 Å². The number of hydrogen-bond donors (Lipinski definition) is 4. The fraction of sp³-hybridized carbons (Fsp3) is 0.348. The Bertz CT molecular complexity index is 946. The molecule has 1 fully saturated rings. The van der Waals surface area contributed by atoms with Crippen molar-refractivity contribution < 1.29 is 5.11 Å². The van der Waals surface area contributed by atoms with Crippen LogP contribution in [0.2, 0.25) is 0 Å². The minimum absolute atomic E-state index is 0.0576. The van der Waals surface area contributed by atoms with Gasteiger partial charge in [-0.15, -0.1) is 0 Å². The monoisotopic (exact) mass is 374 g/mol. The molecule has 0 amide bonds. The first-order chi connectivity index (χ1) is 13.8. The van der Waals surface area contributed by atoms with Crippen LogP contribution in [0.5, 0.6) is 0 Å². The average molecular weight is 374 g/mol. The van der Waals surface area contributed by atoms with Crippen molar-refractivity contribution in [1.82, 2.24) is 20.8 Å². The van der Waals surface area contributed by atoms with Gasteiger partial charge in [-0.05, 0) is 43.1 Å². The number of aromatic nitrogens is 2. The number of benzene rings is 2. The summed E-state index contributed by atoms with van der Waals surface area (Å²) in [7, 11) is 0. The summed E-state index contributed by atoms with van der Waals surface area (Å²) in [6, 6.07) is 20.7. The van der Waals surface area contributed by atoms with Gasteiger partial charge in [-0.2, -0.15) is 5.10 Å². The highest BCUT2D eigenvalue weighted by Gasteiger charge is 2.51. The zero-order valence-electron chi connectivity index (χ0n) is 15.9. The Balaban J connectivity index is 1.37. The van der Waals surface area contributed by atoms with Crippen molar-refractivity contribution in [3.63, 3.8) is 0 Å². The van der Waals surface area contributed by atoms with Gasteiger partial charge in [0.25, 0.3) is 0 Å². The molecule has 0 radical (unpaired) electrons. The van der Waals surface area contributed by atoms with Crippen molar-refractivity contribution in [1.29, 1.82) is 0 Å². The molecule has 2 aromatic carbocycles. The van der Waals surface area contributed by atoms with E-state index >= 15 is 0 Å². The van der Waals surface area contributed by atoms with Gasteiger partial charge < -0.3 is 15.7 Å². The number of aromatic amines is 1. The molecule has 2 heterocycles. The van der Waals surface area contributed by atoms with Crippen LogP contribution in [0, 0.1) is 0 Å². The van der Waals surface area contributed by atoms with Crippen LogP contribution < -0.4 is 10.6 Å². The molecular formula is C23H26N4O. The molecule has 5 rings (SSSR count). The van der Waals surface area contributed by atoms with Gasteiger partial charge in [0.05, 0.1) is 17.8 Å². The van der Waals surface area contributed by atoms with Gasteiger partial charge in [0.1, 0.15) is 0 Å². The molecule has 1 aromatic heterocycles. The van der Waals surface area contributed by atoms with Crippen LogP contribution in [-0.4, -0.2) is 34.5 Å². The number of rotatable bonds is 4. The molecule has 5 nitrogen and oxygen atoms in total. The van der Waals surface area contributed by atoms with Crippen molar-refractivity contribution in [3.8, 4) is 11.3 Å². The molecule has 28 heavy (non-hydrogen) atoms. The lowest BCUT2D eigenvalue weighted by molar-refractivity contribution is 0.0438. The van der Waals surface area contributed by atoms with Crippen molar-refractivity contribution in [2.24, 2.45) is 0 Å². The molecule has 1 aliphatic carbocycles. The third-order valence-corrected chi connectivity index (χ3v) is 6.42. The maximum Gasteiger partial charge on any atom is 0.0924 e. The number of nitrogens with zero attached hydrogens (tertiary/aromatic N) is 1. The Morgan fingerprint density at radius 1 is 1.04 bits per heavy atom. The summed E-state index contributed by atoms with van der Waals surface area (Å²) in [5.74, 6) is 0. The highest BCUT2D eigenvalue weighted by molar-refractivity contribution is 5.58.